The molecule has 0 fully saturated rings. The summed E-state index contributed by atoms with van der Waals surface area (Å²) in [5.41, 5.74) is 1.80. The quantitative estimate of drug-likeness (QED) is 0.224. The highest BCUT2D eigenvalue weighted by Gasteiger charge is 2.17. The van der Waals surface area contributed by atoms with Crippen molar-refractivity contribution in [3.8, 4) is 17.2 Å². The monoisotopic (exact) mass is 438 g/mol. The predicted molar refractivity (Wildman–Crippen MR) is 124 cm³/mol. The number of hydrogen-bond donors (Lipinski definition) is 0. The standard InChI is InChI=1S/C23H22N2O3S2/c1-15-16(2)30-21-20(15)22(26)25(17-8-5-4-6-9-17)23(24-21)29-13-12-28-19-11-7-10-18(14-19)27-3/h4-11,14H,12-13H2,1-3H3. The van der Waals surface area contributed by atoms with Crippen LogP contribution in [0.5, 0.6) is 11.5 Å². The van der Waals surface area contributed by atoms with E-state index in [0.717, 1.165) is 32.5 Å². The summed E-state index contributed by atoms with van der Waals surface area (Å²) in [5, 5.41) is 1.38. The van der Waals surface area contributed by atoms with E-state index in [-0.39, 0.29) is 5.56 Å². The Bertz CT molecular complexity index is 1230. The van der Waals surface area contributed by atoms with Gasteiger partial charge in [-0.05, 0) is 43.7 Å². The Labute approximate surface area is 183 Å². The van der Waals surface area contributed by atoms with Gasteiger partial charge in [0.05, 0.1) is 24.8 Å². The number of aryl methyl sites for hydroxylation is 2. The van der Waals surface area contributed by atoms with Crippen molar-refractivity contribution < 1.29 is 9.47 Å². The van der Waals surface area contributed by atoms with Crippen LogP contribution in [-0.4, -0.2) is 29.0 Å². The molecule has 0 bridgehead atoms. The van der Waals surface area contributed by atoms with Crippen molar-refractivity contribution in [1.29, 1.82) is 0 Å². The van der Waals surface area contributed by atoms with Gasteiger partial charge in [0, 0.05) is 16.7 Å². The van der Waals surface area contributed by atoms with Crippen molar-refractivity contribution in [3.05, 3.63) is 75.4 Å². The normalized spacial score (nSPS) is 11.0. The van der Waals surface area contributed by atoms with E-state index in [2.05, 4.69) is 0 Å². The van der Waals surface area contributed by atoms with Gasteiger partial charge in [-0.3, -0.25) is 9.36 Å². The lowest BCUT2D eigenvalue weighted by atomic mass is 10.2. The molecule has 0 aliphatic carbocycles. The van der Waals surface area contributed by atoms with Crippen molar-refractivity contribution in [2.24, 2.45) is 0 Å². The second-order valence-electron chi connectivity index (χ2n) is 6.71. The molecule has 0 spiro atoms. The van der Waals surface area contributed by atoms with Gasteiger partial charge in [-0.25, -0.2) is 4.98 Å². The van der Waals surface area contributed by atoms with Gasteiger partial charge >= 0.3 is 0 Å². The van der Waals surface area contributed by atoms with Crippen LogP contribution < -0.4 is 15.0 Å². The molecular formula is C23H22N2O3S2. The smallest absolute Gasteiger partial charge is 0.267 e. The maximum Gasteiger partial charge on any atom is 0.267 e. The molecule has 2 aromatic carbocycles. The molecule has 2 heterocycles. The number of aromatic nitrogens is 2. The highest BCUT2D eigenvalue weighted by Crippen LogP contribution is 2.29. The minimum Gasteiger partial charge on any atom is -0.497 e. The van der Waals surface area contributed by atoms with E-state index in [1.807, 2.05) is 68.4 Å². The first-order valence-corrected chi connectivity index (χ1v) is 11.4. The first-order valence-electron chi connectivity index (χ1n) is 9.56. The van der Waals surface area contributed by atoms with Gasteiger partial charge in [0.2, 0.25) is 0 Å². The molecule has 0 atom stereocenters. The Morgan fingerprint density at radius 3 is 2.60 bits per heavy atom. The SMILES string of the molecule is COc1cccc(OCCSc2nc3sc(C)c(C)c3c(=O)n2-c2ccccc2)c1. The molecule has 154 valence electrons. The lowest BCUT2D eigenvalue weighted by molar-refractivity contribution is 0.339. The molecule has 2 aromatic heterocycles. The van der Waals surface area contributed by atoms with Crippen LogP contribution in [-0.2, 0) is 0 Å². The van der Waals surface area contributed by atoms with E-state index < -0.39 is 0 Å². The average molecular weight is 439 g/mol. The van der Waals surface area contributed by atoms with Crippen LogP contribution in [0.25, 0.3) is 15.9 Å². The Kier molecular flexibility index (Phi) is 6.11. The van der Waals surface area contributed by atoms with E-state index in [4.69, 9.17) is 14.5 Å². The highest BCUT2D eigenvalue weighted by atomic mass is 32.2. The highest BCUT2D eigenvalue weighted by molar-refractivity contribution is 7.99. The topological polar surface area (TPSA) is 53.4 Å². The third-order valence-corrected chi connectivity index (χ3v) is 6.81. The number of rotatable bonds is 7. The molecule has 7 heteroatoms. The van der Waals surface area contributed by atoms with Gasteiger partial charge in [-0.15, -0.1) is 11.3 Å². The van der Waals surface area contributed by atoms with Crippen molar-refractivity contribution in [2.45, 2.75) is 19.0 Å². The third-order valence-electron chi connectivity index (χ3n) is 4.81. The number of benzene rings is 2. The molecule has 0 aliphatic heterocycles. The van der Waals surface area contributed by atoms with Crippen LogP contribution in [0.4, 0.5) is 0 Å². The predicted octanol–water partition coefficient (Wildman–Crippen LogP) is 5.24. The van der Waals surface area contributed by atoms with Gasteiger partial charge < -0.3 is 9.47 Å². The molecular weight excluding hydrogens is 416 g/mol. The Hall–Kier alpha value is -2.77. The number of methoxy groups -OCH3 is 1. The molecule has 5 nitrogen and oxygen atoms in total. The van der Waals surface area contributed by atoms with Crippen molar-refractivity contribution in [3.63, 3.8) is 0 Å². The molecule has 0 unspecified atom stereocenters. The van der Waals surface area contributed by atoms with Crippen LogP contribution in [0.2, 0.25) is 0 Å². The van der Waals surface area contributed by atoms with Crippen molar-refractivity contribution >= 4 is 33.3 Å². The first-order chi connectivity index (χ1) is 14.6. The number of thiophene rings is 1. The van der Waals surface area contributed by atoms with Gasteiger partial charge in [-0.1, -0.05) is 36.0 Å². The summed E-state index contributed by atoms with van der Waals surface area (Å²) in [6.07, 6.45) is 0. The zero-order chi connectivity index (χ0) is 21.1. The largest absolute Gasteiger partial charge is 0.497 e. The summed E-state index contributed by atoms with van der Waals surface area (Å²) >= 11 is 3.09. The van der Waals surface area contributed by atoms with E-state index in [1.165, 1.54) is 11.8 Å². The maximum absolute atomic E-state index is 13.4. The van der Waals surface area contributed by atoms with Crippen LogP contribution >= 0.6 is 23.1 Å². The zero-order valence-electron chi connectivity index (χ0n) is 17.0. The zero-order valence-corrected chi connectivity index (χ0v) is 18.7. The van der Waals surface area contributed by atoms with Gasteiger partial charge in [0.25, 0.3) is 5.56 Å². The van der Waals surface area contributed by atoms with Gasteiger partial charge in [0.1, 0.15) is 16.3 Å². The fourth-order valence-corrected chi connectivity index (χ4v) is 5.06. The fraction of sp³-hybridized carbons (Fsp3) is 0.217. The van der Waals surface area contributed by atoms with Crippen LogP contribution in [0.3, 0.4) is 0 Å². The lowest BCUT2D eigenvalue weighted by Crippen LogP contribution is -2.22. The van der Waals surface area contributed by atoms with Gasteiger partial charge in [0.15, 0.2) is 5.16 Å². The maximum atomic E-state index is 13.4. The molecule has 4 aromatic rings. The number of ether oxygens (including phenoxy) is 2. The number of fused-ring (bicyclic) bond motifs is 1. The fourth-order valence-electron chi connectivity index (χ4n) is 3.16. The summed E-state index contributed by atoms with van der Waals surface area (Å²) < 4.78 is 12.8. The molecule has 0 saturated heterocycles. The summed E-state index contributed by atoms with van der Waals surface area (Å²) in [7, 11) is 1.63. The molecule has 30 heavy (non-hydrogen) atoms. The minimum atomic E-state index is -0.0238. The van der Waals surface area contributed by atoms with E-state index in [1.54, 1.807) is 23.0 Å². The third kappa shape index (κ3) is 4.08. The number of thioether (sulfide) groups is 1. The molecule has 0 N–H and O–H groups in total. The molecule has 0 saturated carbocycles. The summed E-state index contributed by atoms with van der Waals surface area (Å²) in [6, 6.07) is 17.2. The van der Waals surface area contributed by atoms with Crippen molar-refractivity contribution in [2.75, 3.05) is 19.5 Å². The number of hydrogen-bond acceptors (Lipinski definition) is 6. The summed E-state index contributed by atoms with van der Waals surface area (Å²) in [4.78, 5) is 20.1. The first kappa shape index (κ1) is 20.5. The minimum absolute atomic E-state index is 0.0238. The van der Waals surface area contributed by atoms with Crippen LogP contribution in [0.1, 0.15) is 10.4 Å². The van der Waals surface area contributed by atoms with Crippen LogP contribution in [0, 0.1) is 13.8 Å². The number of para-hydroxylation sites is 1. The van der Waals surface area contributed by atoms with Crippen LogP contribution in [0.15, 0.2) is 64.5 Å². The van der Waals surface area contributed by atoms with E-state index in [0.29, 0.717) is 22.9 Å². The summed E-state index contributed by atoms with van der Waals surface area (Å²) in [5.74, 6) is 2.17. The van der Waals surface area contributed by atoms with Gasteiger partial charge in [-0.2, -0.15) is 0 Å². The van der Waals surface area contributed by atoms with E-state index >= 15 is 0 Å². The molecule has 0 radical (unpaired) electrons. The Morgan fingerprint density at radius 1 is 1.07 bits per heavy atom. The van der Waals surface area contributed by atoms with E-state index in [9.17, 15) is 4.79 Å². The second-order valence-corrected chi connectivity index (χ2v) is 8.98. The molecule has 4 rings (SSSR count). The Balaban J connectivity index is 1.62. The van der Waals surface area contributed by atoms with Crippen molar-refractivity contribution in [1.82, 2.24) is 9.55 Å². The second kappa shape index (κ2) is 8.93. The Morgan fingerprint density at radius 2 is 1.83 bits per heavy atom. The molecule has 0 amide bonds. The average Bonchev–Trinajstić information content (AvgIpc) is 3.05. The lowest BCUT2D eigenvalue weighted by Gasteiger charge is -2.13. The summed E-state index contributed by atoms with van der Waals surface area (Å²) in [6.45, 7) is 4.51. The molecule has 0 aliphatic rings. The number of nitrogens with zero attached hydrogens (tertiary/aromatic N) is 2.